The smallest absolute Gasteiger partial charge is 0.251 e. The Bertz CT molecular complexity index is 650. The van der Waals surface area contributed by atoms with Crippen LogP contribution in [0.3, 0.4) is 0 Å². The Labute approximate surface area is 162 Å². The van der Waals surface area contributed by atoms with Crippen molar-refractivity contribution in [2.45, 2.75) is 45.8 Å². The lowest BCUT2D eigenvalue weighted by molar-refractivity contribution is -0.142. The van der Waals surface area contributed by atoms with Crippen LogP contribution in [0.25, 0.3) is 0 Å². The van der Waals surface area contributed by atoms with Gasteiger partial charge >= 0.3 is 0 Å². The molecule has 2 atom stereocenters. The summed E-state index contributed by atoms with van der Waals surface area (Å²) in [7, 11) is 0. The van der Waals surface area contributed by atoms with Gasteiger partial charge < -0.3 is 19.5 Å². The topological polar surface area (TPSA) is 62.2 Å². The summed E-state index contributed by atoms with van der Waals surface area (Å²) in [6.07, 6.45) is 1.02. The average molecular weight is 376 g/mol. The number of hydrogen-bond acceptors (Lipinski definition) is 5. The molecule has 1 aromatic carbocycles. The van der Waals surface area contributed by atoms with Crippen LogP contribution in [0, 0.1) is 20.8 Å². The average Bonchev–Trinajstić information content (AvgIpc) is 3.20. The maximum Gasteiger partial charge on any atom is 0.251 e. The molecule has 0 saturated carbocycles. The number of carbonyl (C=O) groups excluding carboxylic acids is 1. The molecule has 0 radical (unpaired) electrons. The van der Waals surface area contributed by atoms with E-state index in [1.165, 1.54) is 5.56 Å². The van der Waals surface area contributed by atoms with Crippen LogP contribution < -0.4 is 4.74 Å². The first-order valence-electron chi connectivity index (χ1n) is 9.96. The molecule has 2 aliphatic heterocycles. The first-order chi connectivity index (χ1) is 13.0. The highest BCUT2D eigenvalue weighted by molar-refractivity contribution is 5.81. The number of benzene rings is 1. The first kappa shape index (κ1) is 20.1. The molecule has 0 aliphatic carbocycles. The van der Waals surface area contributed by atoms with Crippen LogP contribution in [0.5, 0.6) is 5.75 Å². The number of β-amino-alcohol motifs (C(OH)–C–C–N with tert-alkyl or cyclic N) is 1. The van der Waals surface area contributed by atoms with E-state index in [0.29, 0.717) is 26.2 Å². The first-order valence-corrected chi connectivity index (χ1v) is 9.96. The van der Waals surface area contributed by atoms with Crippen molar-refractivity contribution in [3.63, 3.8) is 0 Å². The second-order valence-electron chi connectivity index (χ2n) is 7.75. The molecule has 6 nitrogen and oxygen atoms in total. The minimum absolute atomic E-state index is 0.126. The summed E-state index contributed by atoms with van der Waals surface area (Å²) in [6, 6.07) is 4.14. The summed E-state index contributed by atoms with van der Waals surface area (Å²) >= 11 is 0. The van der Waals surface area contributed by atoms with E-state index in [0.717, 1.165) is 42.8 Å². The number of ether oxygens (including phenoxy) is 2. The molecule has 27 heavy (non-hydrogen) atoms. The van der Waals surface area contributed by atoms with E-state index >= 15 is 0 Å². The van der Waals surface area contributed by atoms with Crippen LogP contribution in [-0.4, -0.2) is 79.0 Å². The summed E-state index contributed by atoms with van der Waals surface area (Å²) in [6.45, 7) is 10.6. The molecule has 2 aliphatic rings. The van der Waals surface area contributed by atoms with Gasteiger partial charge in [0.1, 0.15) is 24.6 Å². The van der Waals surface area contributed by atoms with Crippen molar-refractivity contribution in [1.29, 1.82) is 0 Å². The fourth-order valence-corrected chi connectivity index (χ4v) is 3.80. The lowest BCUT2D eigenvalue weighted by Crippen LogP contribution is -2.53. The van der Waals surface area contributed by atoms with Crippen molar-refractivity contribution in [2.75, 3.05) is 45.9 Å². The van der Waals surface area contributed by atoms with Gasteiger partial charge in [-0.3, -0.25) is 9.69 Å². The van der Waals surface area contributed by atoms with Gasteiger partial charge in [0.05, 0.1) is 0 Å². The fraction of sp³-hybridized carbons (Fsp3) is 0.667. The van der Waals surface area contributed by atoms with Crippen LogP contribution in [-0.2, 0) is 9.53 Å². The molecule has 2 fully saturated rings. The van der Waals surface area contributed by atoms with Gasteiger partial charge in [0, 0.05) is 39.3 Å². The second kappa shape index (κ2) is 9.04. The van der Waals surface area contributed by atoms with Gasteiger partial charge in [-0.25, -0.2) is 0 Å². The number of aliphatic hydroxyl groups excluding tert-OH is 1. The Hall–Kier alpha value is -1.63. The van der Waals surface area contributed by atoms with E-state index in [1.54, 1.807) is 0 Å². The van der Waals surface area contributed by atoms with E-state index in [-0.39, 0.29) is 18.6 Å². The standard InChI is InChI=1S/C21H32N2O4/c1-15-6-7-16(2)20(17(15)3)27-14-18(24)13-22-8-10-23(11-9-22)21(25)19-5-4-12-26-19/h6-7,18-19,24H,4-5,8-14H2,1-3H3. The highest BCUT2D eigenvalue weighted by Crippen LogP contribution is 2.25. The van der Waals surface area contributed by atoms with E-state index in [9.17, 15) is 9.90 Å². The minimum Gasteiger partial charge on any atom is -0.490 e. The third-order valence-electron chi connectivity index (χ3n) is 5.65. The predicted octanol–water partition coefficient (Wildman–Crippen LogP) is 1.67. The summed E-state index contributed by atoms with van der Waals surface area (Å²) < 4.78 is 11.4. The molecule has 1 amide bonds. The number of hydrogen-bond donors (Lipinski definition) is 1. The van der Waals surface area contributed by atoms with Gasteiger partial charge in [-0.2, -0.15) is 0 Å². The number of aliphatic hydroxyl groups is 1. The highest BCUT2D eigenvalue weighted by Gasteiger charge is 2.30. The molecular formula is C21H32N2O4. The van der Waals surface area contributed by atoms with Gasteiger partial charge in [-0.1, -0.05) is 12.1 Å². The Kier molecular flexibility index (Phi) is 6.73. The zero-order chi connectivity index (χ0) is 19.4. The Morgan fingerprint density at radius 2 is 1.93 bits per heavy atom. The number of rotatable bonds is 6. The summed E-state index contributed by atoms with van der Waals surface area (Å²) in [5.41, 5.74) is 3.41. The van der Waals surface area contributed by atoms with Gasteiger partial charge in [-0.05, 0) is 50.3 Å². The van der Waals surface area contributed by atoms with Crippen molar-refractivity contribution >= 4 is 5.91 Å². The number of carbonyl (C=O) groups is 1. The molecule has 6 heteroatoms. The number of aryl methyl sites for hydroxylation is 2. The lowest BCUT2D eigenvalue weighted by atomic mass is 10.1. The van der Waals surface area contributed by atoms with E-state index in [1.807, 2.05) is 24.8 Å². The normalized spacial score (nSPS) is 22.1. The van der Waals surface area contributed by atoms with Crippen molar-refractivity contribution < 1.29 is 19.4 Å². The van der Waals surface area contributed by atoms with Crippen LogP contribution in [0.2, 0.25) is 0 Å². The quantitative estimate of drug-likeness (QED) is 0.818. The van der Waals surface area contributed by atoms with E-state index < -0.39 is 6.10 Å². The maximum absolute atomic E-state index is 12.4. The van der Waals surface area contributed by atoms with Gasteiger partial charge in [0.2, 0.25) is 0 Å². The molecular weight excluding hydrogens is 344 g/mol. The van der Waals surface area contributed by atoms with Crippen molar-refractivity contribution in [2.24, 2.45) is 0 Å². The van der Waals surface area contributed by atoms with Gasteiger partial charge in [0.25, 0.3) is 5.91 Å². The van der Waals surface area contributed by atoms with Crippen LogP contribution in [0.1, 0.15) is 29.5 Å². The molecule has 2 heterocycles. The molecule has 0 aromatic heterocycles. The lowest BCUT2D eigenvalue weighted by Gasteiger charge is -2.36. The molecule has 2 unspecified atom stereocenters. The summed E-state index contributed by atoms with van der Waals surface area (Å²) in [5.74, 6) is 1.00. The van der Waals surface area contributed by atoms with Gasteiger partial charge in [-0.15, -0.1) is 0 Å². The third-order valence-corrected chi connectivity index (χ3v) is 5.65. The minimum atomic E-state index is -0.551. The second-order valence-corrected chi connectivity index (χ2v) is 7.75. The Morgan fingerprint density at radius 1 is 1.22 bits per heavy atom. The maximum atomic E-state index is 12.4. The Morgan fingerprint density at radius 3 is 2.59 bits per heavy atom. The van der Waals surface area contributed by atoms with Crippen LogP contribution in [0.15, 0.2) is 12.1 Å². The van der Waals surface area contributed by atoms with Crippen LogP contribution in [0.4, 0.5) is 0 Å². The molecule has 3 rings (SSSR count). The molecule has 1 aromatic rings. The Balaban J connectivity index is 1.42. The number of piperazine rings is 1. The molecule has 2 saturated heterocycles. The predicted molar refractivity (Wildman–Crippen MR) is 104 cm³/mol. The van der Waals surface area contributed by atoms with Gasteiger partial charge in [0.15, 0.2) is 0 Å². The monoisotopic (exact) mass is 376 g/mol. The van der Waals surface area contributed by atoms with Crippen molar-refractivity contribution in [3.05, 3.63) is 28.8 Å². The summed E-state index contributed by atoms with van der Waals surface area (Å²) in [4.78, 5) is 16.5. The summed E-state index contributed by atoms with van der Waals surface area (Å²) in [5, 5.41) is 10.4. The third kappa shape index (κ3) is 5.00. The fourth-order valence-electron chi connectivity index (χ4n) is 3.80. The SMILES string of the molecule is Cc1ccc(C)c(OCC(O)CN2CCN(C(=O)C3CCCO3)CC2)c1C. The number of amides is 1. The molecule has 0 spiro atoms. The largest absolute Gasteiger partial charge is 0.490 e. The molecule has 0 bridgehead atoms. The zero-order valence-corrected chi connectivity index (χ0v) is 16.7. The molecule has 150 valence electrons. The highest BCUT2D eigenvalue weighted by atomic mass is 16.5. The zero-order valence-electron chi connectivity index (χ0n) is 16.7. The number of nitrogens with zero attached hydrogens (tertiary/aromatic N) is 2. The van der Waals surface area contributed by atoms with Crippen molar-refractivity contribution in [3.8, 4) is 5.75 Å². The van der Waals surface area contributed by atoms with Crippen molar-refractivity contribution in [1.82, 2.24) is 9.80 Å². The van der Waals surface area contributed by atoms with Crippen LogP contribution >= 0.6 is 0 Å². The van der Waals surface area contributed by atoms with E-state index in [4.69, 9.17) is 9.47 Å². The molecule has 1 N–H and O–H groups in total. The van der Waals surface area contributed by atoms with E-state index in [2.05, 4.69) is 17.9 Å².